The summed E-state index contributed by atoms with van der Waals surface area (Å²) in [5.41, 5.74) is 2.83. The van der Waals surface area contributed by atoms with Crippen molar-refractivity contribution in [3.05, 3.63) is 48.4 Å². The molecule has 2 N–H and O–H groups in total. The summed E-state index contributed by atoms with van der Waals surface area (Å²) in [6.45, 7) is 5.10. The molecule has 0 spiro atoms. The van der Waals surface area contributed by atoms with Gasteiger partial charge in [0.05, 0.1) is 5.25 Å². The maximum Gasteiger partial charge on any atom is 0.237 e. The van der Waals surface area contributed by atoms with Gasteiger partial charge < -0.3 is 15.1 Å². The zero-order chi connectivity index (χ0) is 18.7. The molecule has 6 nitrogen and oxygen atoms in total. The van der Waals surface area contributed by atoms with Crippen LogP contribution in [0.1, 0.15) is 19.7 Å². The first kappa shape index (κ1) is 18.0. The van der Waals surface area contributed by atoms with Crippen LogP contribution in [-0.4, -0.2) is 22.0 Å². The Labute approximate surface area is 155 Å². The number of amides is 2. The van der Waals surface area contributed by atoms with Gasteiger partial charge in [0.2, 0.25) is 11.8 Å². The van der Waals surface area contributed by atoms with Gasteiger partial charge >= 0.3 is 0 Å². The Morgan fingerprint density at radius 1 is 1.08 bits per heavy atom. The average Bonchev–Trinajstić information content (AvgIpc) is 2.95. The van der Waals surface area contributed by atoms with E-state index in [-0.39, 0.29) is 17.1 Å². The van der Waals surface area contributed by atoms with Crippen molar-refractivity contribution in [1.82, 2.24) is 4.98 Å². The highest BCUT2D eigenvalue weighted by atomic mass is 32.2. The number of hydrogen-bond donors (Lipinski definition) is 2. The lowest BCUT2D eigenvalue weighted by atomic mass is 10.3. The van der Waals surface area contributed by atoms with Crippen molar-refractivity contribution in [2.24, 2.45) is 0 Å². The van der Waals surface area contributed by atoms with Gasteiger partial charge in [-0.25, -0.2) is 4.98 Å². The number of oxazole rings is 1. The Bertz CT molecular complexity index is 950. The molecule has 3 rings (SSSR count). The Morgan fingerprint density at radius 2 is 1.77 bits per heavy atom. The highest BCUT2D eigenvalue weighted by Gasteiger charge is 2.15. The molecule has 0 aliphatic rings. The molecule has 7 heteroatoms. The summed E-state index contributed by atoms with van der Waals surface area (Å²) in [7, 11) is 0. The first-order valence-electron chi connectivity index (χ1n) is 8.13. The molecule has 2 aromatic carbocycles. The summed E-state index contributed by atoms with van der Waals surface area (Å²) in [5.74, 6) is 0.382. The van der Waals surface area contributed by atoms with Crippen molar-refractivity contribution in [2.45, 2.75) is 30.9 Å². The van der Waals surface area contributed by atoms with Crippen LogP contribution in [0.15, 0.2) is 51.8 Å². The van der Waals surface area contributed by atoms with E-state index in [0.717, 1.165) is 10.6 Å². The van der Waals surface area contributed by atoms with Crippen LogP contribution in [0.2, 0.25) is 0 Å². The molecule has 0 saturated heterocycles. The molecule has 3 aromatic rings. The van der Waals surface area contributed by atoms with Crippen molar-refractivity contribution in [2.75, 3.05) is 10.6 Å². The van der Waals surface area contributed by atoms with E-state index in [0.29, 0.717) is 22.7 Å². The number of anilines is 2. The van der Waals surface area contributed by atoms with Gasteiger partial charge in [-0.15, -0.1) is 11.8 Å². The number of benzene rings is 2. The second-order valence-corrected chi connectivity index (χ2v) is 7.28. The van der Waals surface area contributed by atoms with Gasteiger partial charge in [-0.05, 0) is 49.4 Å². The minimum atomic E-state index is -0.281. The smallest absolute Gasteiger partial charge is 0.237 e. The topological polar surface area (TPSA) is 84.2 Å². The molecule has 0 radical (unpaired) electrons. The Balaban J connectivity index is 1.62. The monoisotopic (exact) mass is 369 g/mol. The quantitative estimate of drug-likeness (QED) is 0.658. The number of hydrogen-bond acceptors (Lipinski definition) is 5. The van der Waals surface area contributed by atoms with Crippen LogP contribution < -0.4 is 10.6 Å². The first-order chi connectivity index (χ1) is 12.4. The fraction of sp³-hybridized carbons (Fsp3) is 0.211. The number of carbonyl (C=O) groups excluding carboxylic acids is 2. The normalized spacial score (nSPS) is 12.0. The molecule has 0 saturated carbocycles. The number of carbonyl (C=O) groups is 2. The average molecular weight is 369 g/mol. The number of thioether (sulfide) groups is 1. The van der Waals surface area contributed by atoms with Crippen LogP contribution in [0.3, 0.4) is 0 Å². The zero-order valence-electron chi connectivity index (χ0n) is 14.7. The van der Waals surface area contributed by atoms with Crippen LogP contribution in [0, 0.1) is 6.92 Å². The van der Waals surface area contributed by atoms with Crippen molar-refractivity contribution in [3.63, 3.8) is 0 Å². The van der Waals surface area contributed by atoms with Gasteiger partial charge in [0.25, 0.3) is 0 Å². The van der Waals surface area contributed by atoms with Crippen LogP contribution in [0.4, 0.5) is 11.4 Å². The fourth-order valence-electron chi connectivity index (χ4n) is 2.44. The number of nitrogens with zero attached hydrogens (tertiary/aromatic N) is 1. The molecule has 0 fully saturated rings. The highest BCUT2D eigenvalue weighted by Crippen LogP contribution is 2.26. The number of nitrogens with one attached hydrogen (secondary N) is 2. The zero-order valence-corrected chi connectivity index (χ0v) is 15.5. The predicted octanol–water partition coefficient (Wildman–Crippen LogP) is 4.21. The minimum absolute atomic E-state index is 0.0968. The van der Waals surface area contributed by atoms with Crippen molar-refractivity contribution < 1.29 is 14.0 Å². The summed E-state index contributed by atoms with van der Waals surface area (Å²) in [5, 5.41) is 5.34. The largest absolute Gasteiger partial charge is 0.441 e. The maximum atomic E-state index is 12.4. The number of aromatic nitrogens is 1. The third-order valence-corrected chi connectivity index (χ3v) is 4.73. The lowest BCUT2D eigenvalue weighted by Crippen LogP contribution is -2.22. The van der Waals surface area contributed by atoms with Crippen molar-refractivity contribution in [3.8, 4) is 0 Å². The standard InChI is InChI=1S/C19H19N3O3S/c1-11(26-16-7-4-14(5-8-16)20-12(2)23)19(24)22-15-6-9-18-17(10-15)21-13(3)25-18/h4-11H,1-3H3,(H,20,23)(H,22,24)/t11-/m1/s1. The molecule has 1 aromatic heterocycles. The van der Waals surface area contributed by atoms with Gasteiger partial charge in [0, 0.05) is 30.1 Å². The van der Waals surface area contributed by atoms with Crippen LogP contribution >= 0.6 is 11.8 Å². The molecule has 2 amide bonds. The number of fused-ring (bicyclic) bond motifs is 1. The highest BCUT2D eigenvalue weighted by molar-refractivity contribution is 8.00. The predicted molar refractivity (Wildman–Crippen MR) is 103 cm³/mol. The number of rotatable bonds is 5. The molecule has 0 aliphatic heterocycles. The van der Waals surface area contributed by atoms with E-state index in [1.807, 2.05) is 31.2 Å². The first-order valence-corrected chi connectivity index (χ1v) is 9.01. The van der Waals surface area contributed by atoms with E-state index >= 15 is 0 Å². The second-order valence-electron chi connectivity index (χ2n) is 5.87. The van der Waals surface area contributed by atoms with Crippen molar-refractivity contribution in [1.29, 1.82) is 0 Å². The van der Waals surface area contributed by atoms with Gasteiger partial charge in [-0.3, -0.25) is 9.59 Å². The molecule has 134 valence electrons. The molecule has 1 atom stereocenters. The number of aryl methyl sites for hydroxylation is 1. The van der Waals surface area contributed by atoms with Gasteiger partial charge in [-0.1, -0.05) is 0 Å². The molecule has 1 heterocycles. The molecule has 0 bridgehead atoms. The maximum absolute atomic E-state index is 12.4. The van der Waals surface area contributed by atoms with Gasteiger partial charge in [0.15, 0.2) is 11.5 Å². The van der Waals surface area contributed by atoms with Crippen molar-refractivity contribution >= 4 is 46.1 Å². The van der Waals surface area contributed by atoms with E-state index < -0.39 is 0 Å². The second kappa shape index (κ2) is 7.61. The van der Waals surface area contributed by atoms with E-state index in [4.69, 9.17) is 4.42 Å². The van der Waals surface area contributed by atoms with Crippen LogP contribution in [0.25, 0.3) is 11.1 Å². The third kappa shape index (κ3) is 4.43. The lowest BCUT2D eigenvalue weighted by molar-refractivity contribution is -0.115. The summed E-state index contributed by atoms with van der Waals surface area (Å²) in [6.07, 6.45) is 0. The van der Waals surface area contributed by atoms with E-state index in [1.54, 1.807) is 25.1 Å². The van der Waals surface area contributed by atoms with Crippen LogP contribution in [0.5, 0.6) is 0 Å². The van der Waals surface area contributed by atoms with E-state index in [2.05, 4.69) is 15.6 Å². The minimum Gasteiger partial charge on any atom is -0.441 e. The van der Waals surface area contributed by atoms with Crippen LogP contribution in [-0.2, 0) is 9.59 Å². The molecule has 0 aliphatic carbocycles. The molecular weight excluding hydrogens is 350 g/mol. The fourth-order valence-corrected chi connectivity index (χ4v) is 3.31. The molecular formula is C19H19N3O3S. The van der Waals surface area contributed by atoms with Gasteiger partial charge in [-0.2, -0.15) is 0 Å². The Hall–Kier alpha value is -2.80. The SMILES string of the molecule is CC(=O)Nc1ccc(S[C@H](C)C(=O)Nc2ccc3oc(C)nc3c2)cc1. The molecule has 0 unspecified atom stereocenters. The molecule has 26 heavy (non-hydrogen) atoms. The Kier molecular flexibility index (Phi) is 5.27. The third-order valence-electron chi connectivity index (χ3n) is 3.62. The summed E-state index contributed by atoms with van der Waals surface area (Å²) < 4.78 is 5.43. The van der Waals surface area contributed by atoms with E-state index in [9.17, 15) is 9.59 Å². The summed E-state index contributed by atoms with van der Waals surface area (Å²) >= 11 is 1.45. The summed E-state index contributed by atoms with van der Waals surface area (Å²) in [4.78, 5) is 28.7. The lowest BCUT2D eigenvalue weighted by Gasteiger charge is -2.12. The van der Waals surface area contributed by atoms with E-state index in [1.165, 1.54) is 18.7 Å². The van der Waals surface area contributed by atoms with Gasteiger partial charge in [0.1, 0.15) is 5.52 Å². The Morgan fingerprint density at radius 3 is 2.46 bits per heavy atom. The summed E-state index contributed by atoms with van der Waals surface area (Å²) in [6, 6.07) is 12.8.